The molecule has 1 heterocycles. The molecule has 92 valence electrons. The molecule has 0 atom stereocenters. The SMILES string of the molecule is COc1ccc(C(=O)NN=Cc2ccsc2)cc1. The Kier molecular flexibility index (Phi) is 4.09. The van der Waals surface area contributed by atoms with Crippen LogP contribution in [0, 0.1) is 0 Å². The number of carbonyl (C=O) groups is 1. The smallest absolute Gasteiger partial charge is 0.271 e. The number of nitrogens with one attached hydrogen (secondary N) is 1. The van der Waals surface area contributed by atoms with E-state index in [1.54, 1.807) is 48.9 Å². The van der Waals surface area contributed by atoms with E-state index in [1.165, 1.54) is 0 Å². The number of carbonyl (C=O) groups excluding carboxylic acids is 1. The molecule has 1 N–H and O–H groups in total. The number of hydrazone groups is 1. The molecule has 0 aliphatic heterocycles. The normalized spacial score (nSPS) is 10.5. The predicted molar refractivity (Wildman–Crippen MR) is 72.4 cm³/mol. The van der Waals surface area contributed by atoms with E-state index in [1.807, 2.05) is 16.8 Å². The van der Waals surface area contributed by atoms with Crippen molar-refractivity contribution in [1.82, 2.24) is 5.43 Å². The Hall–Kier alpha value is -2.14. The Labute approximate surface area is 109 Å². The molecule has 4 nitrogen and oxygen atoms in total. The van der Waals surface area contributed by atoms with Crippen LogP contribution in [0.1, 0.15) is 15.9 Å². The second-order valence-corrected chi connectivity index (χ2v) is 4.26. The van der Waals surface area contributed by atoms with Crippen molar-refractivity contribution in [3.8, 4) is 5.75 Å². The Balaban J connectivity index is 1.95. The Bertz CT molecular complexity index is 533. The van der Waals surface area contributed by atoms with Crippen molar-refractivity contribution in [2.45, 2.75) is 0 Å². The lowest BCUT2D eigenvalue weighted by molar-refractivity contribution is 0.0955. The minimum atomic E-state index is -0.246. The predicted octanol–water partition coefficient (Wildman–Crippen LogP) is 2.52. The summed E-state index contributed by atoms with van der Waals surface area (Å²) in [6.07, 6.45) is 1.61. The minimum absolute atomic E-state index is 0.246. The Morgan fingerprint density at radius 2 is 2.11 bits per heavy atom. The van der Waals surface area contributed by atoms with Gasteiger partial charge in [-0.15, -0.1) is 0 Å². The molecule has 0 saturated carbocycles. The fraction of sp³-hybridized carbons (Fsp3) is 0.0769. The monoisotopic (exact) mass is 260 g/mol. The van der Waals surface area contributed by atoms with E-state index in [0.29, 0.717) is 11.3 Å². The van der Waals surface area contributed by atoms with Gasteiger partial charge < -0.3 is 4.74 Å². The van der Waals surface area contributed by atoms with Crippen molar-refractivity contribution in [3.63, 3.8) is 0 Å². The largest absolute Gasteiger partial charge is 0.497 e. The van der Waals surface area contributed by atoms with E-state index in [-0.39, 0.29) is 5.91 Å². The fourth-order valence-electron chi connectivity index (χ4n) is 1.32. The van der Waals surface area contributed by atoms with Gasteiger partial charge in [0.1, 0.15) is 5.75 Å². The van der Waals surface area contributed by atoms with Crippen molar-refractivity contribution in [2.24, 2.45) is 5.10 Å². The Morgan fingerprint density at radius 3 is 2.72 bits per heavy atom. The summed E-state index contributed by atoms with van der Waals surface area (Å²) in [5.41, 5.74) is 3.98. The zero-order valence-electron chi connectivity index (χ0n) is 9.79. The molecule has 0 aliphatic rings. The van der Waals surface area contributed by atoms with Gasteiger partial charge in [0.05, 0.1) is 13.3 Å². The van der Waals surface area contributed by atoms with Crippen LogP contribution in [-0.4, -0.2) is 19.2 Å². The first-order valence-corrected chi connectivity index (χ1v) is 6.23. The first-order chi connectivity index (χ1) is 8.79. The lowest BCUT2D eigenvalue weighted by atomic mass is 10.2. The van der Waals surface area contributed by atoms with Crippen LogP contribution >= 0.6 is 11.3 Å². The third-order valence-corrected chi connectivity index (χ3v) is 2.98. The maximum Gasteiger partial charge on any atom is 0.271 e. The highest BCUT2D eigenvalue weighted by Gasteiger charge is 2.03. The maximum atomic E-state index is 11.7. The van der Waals surface area contributed by atoms with E-state index in [0.717, 1.165) is 5.56 Å². The first kappa shape index (κ1) is 12.3. The molecule has 1 amide bonds. The molecule has 0 unspecified atom stereocenters. The molecule has 1 aromatic heterocycles. The lowest BCUT2D eigenvalue weighted by Crippen LogP contribution is -2.17. The maximum absolute atomic E-state index is 11.7. The molecule has 2 aromatic rings. The van der Waals surface area contributed by atoms with Crippen molar-refractivity contribution in [1.29, 1.82) is 0 Å². The summed E-state index contributed by atoms with van der Waals surface area (Å²) < 4.78 is 5.02. The van der Waals surface area contributed by atoms with Crippen LogP contribution in [0.4, 0.5) is 0 Å². The van der Waals surface area contributed by atoms with Crippen LogP contribution in [-0.2, 0) is 0 Å². The number of methoxy groups -OCH3 is 1. The Morgan fingerprint density at radius 1 is 1.33 bits per heavy atom. The van der Waals surface area contributed by atoms with Crippen molar-refractivity contribution >= 4 is 23.5 Å². The van der Waals surface area contributed by atoms with Gasteiger partial charge in [0.2, 0.25) is 0 Å². The summed E-state index contributed by atoms with van der Waals surface area (Å²) in [5.74, 6) is 0.470. The summed E-state index contributed by atoms with van der Waals surface area (Å²) >= 11 is 1.58. The fourth-order valence-corrected chi connectivity index (χ4v) is 1.93. The van der Waals surface area contributed by atoms with Crippen LogP contribution in [0.15, 0.2) is 46.2 Å². The summed E-state index contributed by atoms with van der Waals surface area (Å²) in [7, 11) is 1.58. The zero-order chi connectivity index (χ0) is 12.8. The molecule has 0 spiro atoms. The van der Waals surface area contributed by atoms with Crippen LogP contribution in [0.5, 0.6) is 5.75 Å². The van der Waals surface area contributed by atoms with Crippen LogP contribution < -0.4 is 10.2 Å². The van der Waals surface area contributed by atoms with E-state index in [2.05, 4.69) is 10.5 Å². The summed E-state index contributed by atoms with van der Waals surface area (Å²) in [6.45, 7) is 0. The molecule has 1 aromatic carbocycles. The molecule has 0 bridgehead atoms. The van der Waals surface area contributed by atoms with Crippen molar-refractivity contribution in [3.05, 3.63) is 52.2 Å². The number of nitrogens with zero attached hydrogens (tertiary/aromatic N) is 1. The number of hydrogen-bond acceptors (Lipinski definition) is 4. The number of benzene rings is 1. The molecule has 0 radical (unpaired) electrons. The van der Waals surface area contributed by atoms with Crippen LogP contribution in [0.25, 0.3) is 0 Å². The van der Waals surface area contributed by atoms with E-state index in [4.69, 9.17) is 4.74 Å². The lowest BCUT2D eigenvalue weighted by Gasteiger charge is -2.01. The number of hydrogen-bond donors (Lipinski definition) is 1. The molecule has 5 heteroatoms. The molecule has 0 saturated heterocycles. The highest BCUT2D eigenvalue weighted by molar-refractivity contribution is 7.08. The third kappa shape index (κ3) is 3.18. The van der Waals surface area contributed by atoms with Gasteiger partial charge in [-0.25, -0.2) is 5.43 Å². The minimum Gasteiger partial charge on any atom is -0.497 e. The number of thiophene rings is 1. The van der Waals surface area contributed by atoms with Gasteiger partial charge in [0.25, 0.3) is 5.91 Å². The van der Waals surface area contributed by atoms with Gasteiger partial charge in [-0.1, -0.05) is 0 Å². The topological polar surface area (TPSA) is 50.7 Å². The first-order valence-electron chi connectivity index (χ1n) is 5.29. The quantitative estimate of drug-likeness (QED) is 0.678. The number of rotatable bonds is 4. The number of amides is 1. The second-order valence-electron chi connectivity index (χ2n) is 3.48. The van der Waals surface area contributed by atoms with Crippen LogP contribution in [0.2, 0.25) is 0 Å². The summed E-state index contributed by atoms with van der Waals surface area (Å²) in [5, 5.41) is 7.78. The van der Waals surface area contributed by atoms with E-state index in [9.17, 15) is 4.79 Å². The van der Waals surface area contributed by atoms with Crippen molar-refractivity contribution < 1.29 is 9.53 Å². The molecule has 0 fully saturated rings. The second kappa shape index (κ2) is 5.97. The average Bonchev–Trinajstić information content (AvgIpc) is 2.92. The van der Waals surface area contributed by atoms with Gasteiger partial charge in [0, 0.05) is 11.1 Å². The van der Waals surface area contributed by atoms with Gasteiger partial charge in [0.15, 0.2) is 0 Å². The van der Waals surface area contributed by atoms with Gasteiger partial charge in [-0.2, -0.15) is 16.4 Å². The molecule has 0 aliphatic carbocycles. The zero-order valence-corrected chi connectivity index (χ0v) is 10.6. The molecule has 2 rings (SSSR count). The molecular weight excluding hydrogens is 248 g/mol. The third-order valence-electron chi connectivity index (χ3n) is 2.28. The van der Waals surface area contributed by atoms with Gasteiger partial charge >= 0.3 is 0 Å². The average molecular weight is 260 g/mol. The standard InChI is InChI=1S/C13H12N2O2S/c1-17-12-4-2-11(3-5-12)13(16)15-14-8-10-6-7-18-9-10/h2-9H,1H3,(H,15,16). The number of ether oxygens (including phenoxy) is 1. The summed E-state index contributed by atoms with van der Waals surface area (Å²) in [6, 6.07) is 8.77. The molecular formula is C13H12N2O2S. The van der Waals surface area contributed by atoms with E-state index >= 15 is 0 Å². The van der Waals surface area contributed by atoms with Gasteiger partial charge in [-0.3, -0.25) is 4.79 Å². The van der Waals surface area contributed by atoms with E-state index < -0.39 is 0 Å². The highest BCUT2D eigenvalue weighted by atomic mass is 32.1. The van der Waals surface area contributed by atoms with Crippen molar-refractivity contribution in [2.75, 3.05) is 7.11 Å². The van der Waals surface area contributed by atoms with Gasteiger partial charge in [-0.05, 0) is 41.1 Å². The van der Waals surface area contributed by atoms with Crippen LogP contribution in [0.3, 0.4) is 0 Å². The molecule has 18 heavy (non-hydrogen) atoms. The summed E-state index contributed by atoms with van der Waals surface area (Å²) in [4.78, 5) is 11.7. The highest BCUT2D eigenvalue weighted by Crippen LogP contribution is 2.11.